The van der Waals surface area contributed by atoms with Gasteiger partial charge in [0.15, 0.2) is 0 Å². The summed E-state index contributed by atoms with van der Waals surface area (Å²) in [5, 5.41) is 3.79. The maximum Gasteiger partial charge on any atom is 0.245 e. The van der Waals surface area contributed by atoms with Crippen molar-refractivity contribution in [3.8, 4) is 0 Å². The van der Waals surface area contributed by atoms with E-state index in [9.17, 15) is 4.79 Å². The van der Waals surface area contributed by atoms with E-state index >= 15 is 0 Å². The van der Waals surface area contributed by atoms with E-state index in [0.717, 1.165) is 5.56 Å². The van der Waals surface area contributed by atoms with E-state index in [4.69, 9.17) is 27.9 Å². The number of hydrogen-bond donors (Lipinski definition) is 1. The first kappa shape index (κ1) is 13.3. The van der Waals surface area contributed by atoms with Gasteiger partial charge in [0.1, 0.15) is 6.61 Å². The third-order valence-corrected chi connectivity index (χ3v) is 2.73. The van der Waals surface area contributed by atoms with Gasteiger partial charge in [-0.2, -0.15) is 0 Å². The molecule has 0 aliphatic heterocycles. The quantitative estimate of drug-likeness (QED) is 0.884. The lowest BCUT2D eigenvalue weighted by atomic mass is 10.1. The first-order valence-corrected chi connectivity index (χ1v) is 5.58. The molecule has 0 saturated carbocycles. The Kier molecular flexibility index (Phi) is 5.60. The molecule has 3 nitrogen and oxygen atoms in total. The SMILES string of the molecule is COCC(=O)NCCc1ccc(Cl)c(Cl)c1. The van der Waals surface area contributed by atoms with E-state index in [1.54, 1.807) is 12.1 Å². The Hall–Kier alpha value is -0.770. The van der Waals surface area contributed by atoms with Gasteiger partial charge in [0.2, 0.25) is 5.91 Å². The molecule has 0 heterocycles. The fourth-order valence-electron chi connectivity index (χ4n) is 1.22. The molecular weight excluding hydrogens is 249 g/mol. The molecule has 0 aliphatic carbocycles. The lowest BCUT2D eigenvalue weighted by molar-refractivity contribution is -0.124. The smallest absolute Gasteiger partial charge is 0.245 e. The summed E-state index contributed by atoms with van der Waals surface area (Å²) in [5.41, 5.74) is 1.03. The molecule has 88 valence electrons. The summed E-state index contributed by atoms with van der Waals surface area (Å²) < 4.78 is 4.69. The number of nitrogens with one attached hydrogen (secondary N) is 1. The summed E-state index contributed by atoms with van der Waals surface area (Å²) in [7, 11) is 1.48. The highest BCUT2D eigenvalue weighted by molar-refractivity contribution is 6.42. The van der Waals surface area contributed by atoms with Crippen molar-refractivity contribution in [2.45, 2.75) is 6.42 Å². The summed E-state index contributed by atoms with van der Waals surface area (Å²) in [6.45, 7) is 0.640. The molecule has 16 heavy (non-hydrogen) atoms. The predicted octanol–water partition coefficient (Wildman–Crippen LogP) is 2.30. The zero-order valence-corrected chi connectivity index (χ0v) is 10.4. The highest BCUT2D eigenvalue weighted by atomic mass is 35.5. The number of ether oxygens (including phenoxy) is 1. The lowest BCUT2D eigenvalue weighted by Gasteiger charge is -2.05. The van der Waals surface area contributed by atoms with Crippen LogP contribution in [0.5, 0.6) is 0 Å². The van der Waals surface area contributed by atoms with Crippen molar-refractivity contribution in [2.75, 3.05) is 20.3 Å². The average Bonchev–Trinajstić information content (AvgIpc) is 2.24. The van der Waals surface area contributed by atoms with Gasteiger partial charge in [-0.25, -0.2) is 0 Å². The zero-order valence-electron chi connectivity index (χ0n) is 8.93. The molecule has 0 aliphatic rings. The van der Waals surface area contributed by atoms with Crippen LogP contribution in [0.15, 0.2) is 18.2 Å². The van der Waals surface area contributed by atoms with Crippen LogP contribution in [-0.4, -0.2) is 26.2 Å². The zero-order chi connectivity index (χ0) is 12.0. The standard InChI is InChI=1S/C11H13Cl2NO2/c1-16-7-11(15)14-5-4-8-2-3-9(12)10(13)6-8/h2-3,6H,4-5,7H2,1H3,(H,14,15). The lowest BCUT2D eigenvalue weighted by Crippen LogP contribution is -2.28. The Labute approximate surface area is 105 Å². The van der Waals surface area contributed by atoms with E-state index in [2.05, 4.69) is 5.32 Å². The molecule has 0 spiro atoms. The van der Waals surface area contributed by atoms with Crippen molar-refractivity contribution in [2.24, 2.45) is 0 Å². The van der Waals surface area contributed by atoms with Crippen molar-refractivity contribution >= 4 is 29.1 Å². The average molecular weight is 262 g/mol. The normalized spacial score (nSPS) is 10.2. The molecule has 0 radical (unpaired) electrons. The van der Waals surface area contributed by atoms with Crippen LogP contribution in [0.25, 0.3) is 0 Å². The number of halogens is 2. The van der Waals surface area contributed by atoms with Gasteiger partial charge in [-0.15, -0.1) is 0 Å². The summed E-state index contributed by atoms with van der Waals surface area (Å²) in [6, 6.07) is 5.43. The number of amides is 1. The van der Waals surface area contributed by atoms with Crippen LogP contribution in [0, 0.1) is 0 Å². The molecule has 0 bridgehead atoms. The summed E-state index contributed by atoms with van der Waals surface area (Å²) in [6.07, 6.45) is 0.715. The van der Waals surface area contributed by atoms with E-state index in [1.807, 2.05) is 6.07 Å². The second-order valence-corrected chi connectivity index (χ2v) is 4.10. The van der Waals surface area contributed by atoms with Crippen molar-refractivity contribution in [3.63, 3.8) is 0 Å². The molecule has 0 atom stereocenters. The molecule has 0 unspecified atom stereocenters. The highest BCUT2D eigenvalue weighted by Crippen LogP contribution is 2.22. The second-order valence-electron chi connectivity index (χ2n) is 3.28. The molecular formula is C11H13Cl2NO2. The number of carbonyl (C=O) groups is 1. The third-order valence-electron chi connectivity index (χ3n) is 2.00. The molecule has 1 aromatic rings. The minimum Gasteiger partial charge on any atom is -0.375 e. The molecule has 0 aromatic heterocycles. The van der Waals surface area contributed by atoms with Gasteiger partial charge in [-0.3, -0.25) is 4.79 Å². The Morgan fingerprint density at radius 1 is 1.38 bits per heavy atom. The predicted molar refractivity (Wildman–Crippen MR) is 65.1 cm³/mol. The number of hydrogen-bond acceptors (Lipinski definition) is 2. The van der Waals surface area contributed by atoms with Crippen LogP contribution < -0.4 is 5.32 Å². The van der Waals surface area contributed by atoms with E-state index in [1.165, 1.54) is 7.11 Å². The number of benzene rings is 1. The fourth-order valence-corrected chi connectivity index (χ4v) is 1.54. The minimum absolute atomic E-state index is 0.0847. The van der Waals surface area contributed by atoms with Crippen LogP contribution in [0.2, 0.25) is 10.0 Å². The topological polar surface area (TPSA) is 38.3 Å². The molecule has 1 amide bonds. The third kappa shape index (κ3) is 4.39. The van der Waals surface area contributed by atoms with Gasteiger partial charge in [0, 0.05) is 13.7 Å². The van der Waals surface area contributed by atoms with Crippen LogP contribution >= 0.6 is 23.2 Å². The molecule has 1 rings (SSSR count). The summed E-state index contributed by atoms with van der Waals surface area (Å²) in [5.74, 6) is -0.123. The maximum absolute atomic E-state index is 11.1. The maximum atomic E-state index is 11.1. The minimum atomic E-state index is -0.123. The molecule has 0 fully saturated rings. The number of methoxy groups -OCH3 is 1. The van der Waals surface area contributed by atoms with Gasteiger partial charge >= 0.3 is 0 Å². The molecule has 0 saturated heterocycles. The van der Waals surface area contributed by atoms with Crippen molar-refractivity contribution in [3.05, 3.63) is 33.8 Å². The van der Waals surface area contributed by atoms with Crippen LogP contribution in [0.4, 0.5) is 0 Å². The Morgan fingerprint density at radius 3 is 2.75 bits per heavy atom. The van der Waals surface area contributed by atoms with E-state index in [0.29, 0.717) is 23.0 Å². The number of carbonyl (C=O) groups excluding carboxylic acids is 1. The summed E-state index contributed by atoms with van der Waals surface area (Å²) >= 11 is 11.7. The van der Waals surface area contributed by atoms with Gasteiger partial charge in [0.25, 0.3) is 0 Å². The highest BCUT2D eigenvalue weighted by Gasteiger charge is 2.01. The van der Waals surface area contributed by atoms with Gasteiger partial charge < -0.3 is 10.1 Å². The molecule has 1 aromatic carbocycles. The molecule has 5 heteroatoms. The second kappa shape index (κ2) is 6.74. The number of rotatable bonds is 5. The van der Waals surface area contributed by atoms with Crippen LogP contribution in [-0.2, 0) is 16.0 Å². The Bertz CT molecular complexity index is 369. The Balaban J connectivity index is 2.37. The summed E-state index contributed by atoms with van der Waals surface area (Å²) in [4.78, 5) is 11.1. The first-order valence-electron chi connectivity index (χ1n) is 4.83. The van der Waals surface area contributed by atoms with Crippen molar-refractivity contribution < 1.29 is 9.53 Å². The van der Waals surface area contributed by atoms with E-state index < -0.39 is 0 Å². The van der Waals surface area contributed by atoms with Gasteiger partial charge in [-0.05, 0) is 24.1 Å². The van der Waals surface area contributed by atoms with Crippen LogP contribution in [0.3, 0.4) is 0 Å². The fraction of sp³-hybridized carbons (Fsp3) is 0.364. The van der Waals surface area contributed by atoms with Gasteiger partial charge in [-0.1, -0.05) is 29.3 Å². The van der Waals surface area contributed by atoms with Gasteiger partial charge in [0.05, 0.1) is 10.0 Å². The van der Waals surface area contributed by atoms with Crippen LogP contribution in [0.1, 0.15) is 5.56 Å². The Morgan fingerprint density at radius 2 is 2.12 bits per heavy atom. The van der Waals surface area contributed by atoms with Crippen molar-refractivity contribution in [1.82, 2.24) is 5.32 Å². The van der Waals surface area contributed by atoms with E-state index in [-0.39, 0.29) is 12.5 Å². The largest absolute Gasteiger partial charge is 0.375 e. The monoisotopic (exact) mass is 261 g/mol. The first-order chi connectivity index (χ1) is 7.63. The molecule has 1 N–H and O–H groups in total. The van der Waals surface area contributed by atoms with Crippen molar-refractivity contribution in [1.29, 1.82) is 0 Å².